The Morgan fingerprint density at radius 1 is 1.10 bits per heavy atom. The second-order valence-electron chi connectivity index (χ2n) is 8.49. The van der Waals surface area contributed by atoms with Gasteiger partial charge in [-0.05, 0) is 43.2 Å². The van der Waals surface area contributed by atoms with Gasteiger partial charge in [0.2, 0.25) is 5.91 Å². The smallest absolute Gasteiger partial charge is 0.261 e. The maximum absolute atomic E-state index is 12.9. The van der Waals surface area contributed by atoms with Crippen LogP contribution in [-0.2, 0) is 4.79 Å². The van der Waals surface area contributed by atoms with E-state index in [4.69, 9.17) is 5.73 Å². The van der Waals surface area contributed by atoms with Gasteiger partial charge in [-0.3, -0.25) is 19.3 Å². The minimum absolute atomic E-state index is 0. The van der Waals surface area contributed by atoms with Crippen LogP contribution < -0.4 is 11.1 Å². The number of hydrogen-bond donors (Lipinski definition) is 2. The molecule has 6 nitrogen and oxygen atoms in total. The average Bonchev–Trinajstić information content (AvgIpc) is 2.67. The molecule has 1 aliphatic rings. The van der Waals surface area contributed by atoms with Gasteiger partial charge in [0.15, 0.2) is 0 Å². The van der Waals surface area contributed by atoms with Gasteiger partial charge in [0, 0.05) is 41.6 Å². The van der Waals surface area contributed by atoms with Crippen molar-refractivity contribution >= 4 is 40.9 Å². The van der Waals surface area contributed by atoms with Crippen LogP contribution in [0.1, 0.15) is 60.7 Å². The Labute approximate surface area is 183 Å². The Kier molecular flexibility index (Phi) is 7.61. The number of amides is 3. The van der Waals surface area contributed by atoms with Gasteiger partial charge in [0.25, 0.3) is 11.8 Å². The van der Waals surface area contributed by atoms with Gasteiger partial charge in [0.1, 0.15) is 0 Å². The SMILES string of the molecule is CC(C)CC(C)(CN)NC(=O)CCCN1C(=O)c2cccc3cccc(c23)C1=O.Cl. The molecule has 0 fully saturated rings. The first-order valence-corrected chi connectivity index (χ1v) is 10.1. The number of halogens is 1. The van der Waals surface area contributed by atoms with Crippen LogP contribution in [0.4, 0.5) is 0 Å². The summed E-state index contributed by atoms with van der Waals surface area (Å²) in [5.74, 6) is -0.300. The molecule has 3 amide bonds. The van der Waals surface area contributed by atoms with Crippen LogP contribution >= 0.6 is 12.4 Å². The Morgan fingerprint density at radius 3 is 2.17 bits per heavy atom. The molecule has 1 atom stereocenters. The molecule has 0 aliphatic carbocycles. The van der Waals surface area contributed by atoms with Gasteiger partial charge >= 0.3 is 0 Å². The van der Waals surface area contributed by atoms with E-state index in [1.54, 1.807) is 12.1 Å². The molecule has 2 aromatic rings. The maximum Gasteiger partial charge on any atom is 0.261 e. The van der Waals surface area contributed by atoms with Gasteiger partial charge in [-0.1, -0.05) is 38.1 Å². The Balaban J connectivity index is 0.00000320. The lowest BCUT2D eigenvalue weighted by molar-refractivity contribution is -0.123. The summed E-state index contributed by atoms with van der Waals surface area (Å²) in [5.41, 5.74) is 6.48. The highest BCUT2D eigenvalue weighted by Gasteiger charge is 2.32. The van der Waals surface area contributed by atoms with Gasteiger partial charge in [-0.2, -0.15) is 0 Å². The predicted octanol–water partition coefficient (Wildman–Crippen LogP) is 3.52. The summed E-state index contributed by atoms with van der Waals surface area (Å²) >= 11 is 0. The van der Waals surface area contributed by atoms with E-state index in [2.05, 4.69) is 19.2 Å². The number of carbonyl (C=O) groups excluding carboxylic acids is 3. The third-order valence-corrected chi connectivity index (χ3v) is 5.39. The molecule has 30 heavy (non-hydrogen) atoms. The molecule has 0 radical (unpaired) electrons. The third-order valence-electron chi connectivity index (χ3n) is 5.39. The molecule has 2 aromatic carbocycles. The summed E-state index contributed by atoms with van der Waals surface area (Å²) < 4.78 is 0. The van der Waals surface area contributed by atoms with Gasteiger partial charge < -0.3 is 11.1 Å². The first-order chi connectivity index (χ1) is 13.8. The zero-order valence-corrected chi connectivity index (χ0v) is 18.6. The van der Waals surface area contributed by atoms with E-state index in [0.29, 0.717) is 35.4 Å². The fraction of sp³-hybridized carbons (Fsp3) is 0.435. The number of imide groups is 1. The van der Waals surface area contributed by atoms with Crippen LogP contribution in [0, 0.1) is 5.92 Å². The van der Waals surface area contributed by atoms with Gasteiger partial charge in [-0.15, -0.1) is 12.4 Å². The van der Waals surface area contributed by atoms with Crippen molar-refractivity contribution < 1.29 is 14.4 Å². The van der Waals surface area contributed by atoms with Crippen LogP contribution in [0.2, 0.25) is 0 Å². The van der Waals surface area contributed by atoms with E-state index in [0.717, 1.165) is 11.8 Å². The van der Waals surface area contributed by atoms with Crippen LogP contribution in [0.15, 0.2) is 36.4 Å². The van der Waals surface area contributed by atoms with E-state index < -0.39 is 5.54 Å². The fourth-order valence-corrected chi connectivity index (χ4v) is 4.17. The fourth-order valence-electron chi connectivity index (χ4n) is 4.17. The highest BCUT2D eigenvalue weighted by molar-refractivity contribution is 6.25. The second kappa shape index (κ2) is 9.58. The van der Waals surface area contributed by atoms with Crippen molar-refractivity contribution in [3.63, 3.8) is 0 Å². The number of nitrogens with one attached hydrogen (secondary N) is 1. The standard InChI is InChI=1S/C23H29N3O3.ClH/c1-15(2)13-23(3,14-24)25-19(27)11-6-12-26-21(28)17-9-4-7-16-8-5-10-18(20(16)17)22(26)29;/h4-5,7-10,15H,6,11-14,24H2,1-3H3,(H,25,27);1H. The molecule has 0 aromatic heterocycles. The first-order valence-electron chi connectivity index (χ1n) is 10.1. The van der Waals surface area contributed by atoms with Crippen molar-refractivity contribution in [2.24, 2.45) is 11.7 Å². The minimum atomic E-state index is -0.448. The molecular formula is C23H30ClN3O3. The van der Waals surface area contributed by atoms with Crippen molar-refractivity contribution in [2.45, 2.75) is 45.6 Å². The summed E-state index contributed by atoms with van der Waals surface area (Å²) in [7, 11) is 0. The summed E-state index contributed by atoms with van der Waals surface area (Å²) in [6.45, 7) is 6.69. The van der Waals surface area contributed by atoms with Crippen LogP contribution in [0.3, 0.4) is 0 Å². The van der Waals surface area contributed by atoms with Gasteiger partial charge in [0.05, 0.1) is 0 Å². The summed E-state index contributed by atoms with van der Waals surface area (Å²) in [5, 5.41) is 4.61. The third kappa shape index (κ3) is 4.82. The number of rotatable bonds is 8. The lowest BCUT2D eigenvalue weighted by Gasteiger charge is -2.31. The van der Waals surface area contributed by atoms with Gasteiger partial charge in [-0.25, -0.2) is 0 Å². The first kappa shape index (κ1) is 23.8. The zero-order chi connectivity index (χ0) is 21.2. The van der Waals surface area contributed by atoms with E-state index in [1.807, 2.05) is 31.2 Å². The summed E-state index contributed by atoms with van der Waals surface area (Å²) in [6, 6.07) is 10.9. The molecule has 7 heteroatoms. The van der Waals surface area contributed by atoms with E-state index in [-0.39, 0.29) is 43.1 Å². The number of nitrogens with zero attached hydrogens (tertiary/aromatic N) is 1. The van der Waals surface area contributed by atoms with Crippen molar-refractivity contribution in [3.8, 4) is 0 Å². The lowest BCUT2D eigenvalue weighted by atomic mass is 9.90. The molecule has 162 valence electrons. The minimum Gasteiger partial charge on any atom is -0.350 e. The quantitative estimate of drug-likeness (QED) is 0.625. The zero-order valence-electron chi connectivity index (χ0n) is 17.7. The molecule has 0 saturated carbocycles. The highest BCUT2D eigenvalue weighted by atomic mass is 35.5. The van der Waals surface area contributed by atoms with Crippen molar-refractivity contribution in [3.05, 3.63) is 47.5 Å². The molecule has 3 rings (SSSR count). The topological polar surface area (TPSA) is 92.5 Å². The Hall–Kier alpha value is -2.44. The Bertz CT molecular complexity index is 909. The van der Waals surface area contributed by atoms with E-state index in [1.165, 1.54) is 4.90 Å². The van der Waals surface area contributed by atoms with Crippen LogP contribution in [0.25, 0.3) is 10.8 Å². The number of hydrogen-bond acceptors (Lipinski definition) is 4. The van der Waals surface area contributed by atoms with Crippen molar-refractivity contribution in [1.29, 1.82) is 0 Å². The molecule has 0 spiro atoms. The molecule has 1 heterocycles. The van der Waals surface area contributed by atoms with E-state index >= 15 is 0 Å². The number of nitrogens with two attached hydrogens (primary N) is 1. The molecule has 0 bridgehead atoms. The summed E-state index contributed by atoms with van der Waals surface area (Å²) in [6.07, 6.45) is 1.43. The maximum atomic E-state index is 12.9. The second-order valence-corrected chi connectivity index (χ2v) is 8.49. The van der Waals surface area contributed by atoms with Crippen LogP contribution in [-0.4, -0.2) is 41.2 Å². The van der Waals surface area contributed by atoms with Crippen LogP contribution in [0.5, 0.6) is 0 Å². The lowest BCUT2D eigenvalue weighted by Crippen LogP contribution is -2.52. The van der Waals surface area contributed by atoms with Crippen molar-refractivity contribution in [1.82, 2.24) is 10.2 Å². The highest BCUT2D eigenvalue weighted by Crippen LogP contribution is 2.30. The monoisotopic (exact) mass is 431 g/mol. The average molecular weight is 432 g/mol. The molecule has 3 N–H and O–H groups in total. The molecule has 1 unspecified atom stereocenters. The molecule has 0 saturated heterocycles. The molecular weight excluding hydrogens is 402 g/mol. The predicted molar refractivity (Wildman–Crippen MR) is 121 cm³/mol. The normalized spacial score (nSPS) is 15.2. The summed E-state index contributed by atoms with van der Waals surface area (Å²) in [4.78, 5) is 39.4. The Morgan fingerprint density at radius 2 is 1.67 bits per heavy atom. The van der Waals surface area contributed by atoms with E-state index in [9.17, 15) is 14.4 Å². The van der Waals surface area contributed by atoms with Crippen molar-refractivity contribution in [2.75, 3.05) is 13.1 Å². The number of carbonyl (C=O) groups is 3. The largest absolute Gasteiger partial charge is 0.350 e. The molecule has 1 aliphatic heterocycles. The number of benzene rings is 2.